The summed E-state index contributed by atoms with van der Waals surface area (Å²) in [5.74, 6) is 0. The first-order chi connectivity index (χ1) is 8.50. The lowest BCUT2D eigenvalue weighted by Gasteiger charge is -2.09. The number of nitro groups is 1. The molecular weight excluding hydrogens is 232 g/mol. The molecule has 0 N–H and O–H groups in total. The van der Waals surface area contributed by atoms with Gasteiger partial charge in [0.2, 0.25) is 0 Å². The smallest absolute Gasteiger partial charge is 0.269 e. The Morgan fingerprint density at radius 2 is 1.89 bits per heavy atom. The third-order valence-corrected chi connectivity index (χ3v) is 2.79. The molecule has 0 amide bonds. The maximum atomic E-state index is 12.0. The van der Waals surface area contributed by atoms with Crippen LogP contribution in [0.4, 0.5) is 5.69 Å². The minimum Gasteiger partial charge on any atom is -0.284 e. The highest BCUT2D eigenvalue weighted by Gasteiger charge is 2.10. The van der Waals surface area contributed by atoms with Crippen molar-refractivity contribution in [1.82, 2.24) is 4.57 Å². The van der Waals surface area contributed by atoms with Crippen molar-refractivity contribution in [2.75, 3.05) is 0 Å². The Hall–Kier alpha value is -2.43. The van der Waals surface area contributed by atoms with Crippen LogP contribution in [0, 0.1) is 24.0 Å². The number of hydrogen-bond donors (Lipinski definition) is 0. The molecule has 0 unspecified atom stereocenters. The van der Waals surface area contributed by atoms with Crippen molar-refractivity contribution in [1.29, 1.82) is 0 Å². The van der Waals surface area contributed by atoms with Crippen molar-refractivity contribution >= 4 is 5.69 Å². The van der Waals surface area contributed by atoms with E-state index in [4.69, 9.17) is 0 Å². The molecule has 0 fully saturated rings. The number of aryl methyl sites for hydroxylation is 2. The average molecular weight is 244 g/mol. The third kappa shape index (κ3) is 2.02. The topological polar surface area (TPSA) is 65.1 Å². The molecule has 5 nitrogen and oxygen atoms in total. The molecule has 2 aromatic rings. The van der Waals surface area contributed by atoms with Gasteiger partial charge in [-0.3, -0.25) is 19.5 Å². The molecule has 0 saturated heterocycles. The Morgan fingerprint density at radius 1 is 1.17 bits per heavy atom. The number of aromatic nitrogens is 1. The minimum atomic E-state index is -0.449. The zero-order valence-electron chi connectivity index (χ0n) is 10.1. The van der Waals surface area contributed by atoms with E-state index in [-0.39, 0.29) is 11.2 Å². The molecule has 0 saturated carbocycles. The second-order valence-electron chi connectivity index (χ2n) is 4.09. The standard InChI is InChI=1S/C13H12N2O3/c1-9-4-3-7-14(13(9)16)12-6-5-11(15(17)18)8-10(12)2/h3-8H,1-2H3. The highest BCUT2D eigenvalue weighted by molar-refractivity contribution is 5.48. The number of nitrogens with zero attached hydrogens (tertiary/aromatic N) is 2. The first-order valence-corrected chi connectivity index (χ1v) is 5.44. The Bertz CT molecular complexity index is 674. The van der Waals surface area contributed by atoms with Gasteiger partial charge >= 0.3 is 0 Å². The summed E-state index contributed by atoms with van der Waals surface area (Å²) in [6.45, 7) is 3.48. The van der Waals surface area contributed by atoms with E-state index in [9.17, 15) is 14.9 Å². The minimum absolute atomic E-state index is 0.0250. The molecule has 0 aliphatic heterocycles. The lowest BCUT2D eigenvalue weighted by Crippen LogP contribution is -2.20. The van der Waals surface area contributed by atoms with Gasteiger partial charge in [-0.2, -0.15) is 0 Å². The van der Waals surface area contributed by atoms with Gasteiger partial charge in [0.15, 0.2) is 0 Å². The zero-order valence-corrected chi connectivity index (χ0v) is 10.1. The van der Waals surface area contributed by atoms with Gasteiger partial charge in [0.25, 0.3) is 11.2 Å². The predicted octanol–water partition coefficient (Wildman–Crippen LogP) is 2.36. The van der Waals surface area contributed by atoms with E-state index in [0.29, 0.717) is 16.8 Å². The number of rotatable bonds is 2. The normalized spacial score (nSPS) is 10.3. The number of pyridine rings is 1. The number of benzene rings is 1. The van der Waals surface area contributed by atoms with E-state index < -0.39 is 4.92 Å². The molecule has 0 bridgehead atoms. The summed E-state index contributed by atoms with van der Waals surface area (Å²) >= 11 is 0. The van der Waals surface area contributed by atoms with Crippen LogP contribution in [0.5, 0.6) is 0 Å². The molecule has 1 aromatic carbocycles. The molecule has 5 heteroatoms. The molecule has 1 heterocycles. The van der Waals surface area contributed by atoms with Gasteiger partial charge in [-0.25, -0.2) is 0 Å². The van der Waals surface area contributed by atoms with Gasteiger partial charge in [0.05, 0.1) is 10.6 Å². The Balaban J connectivity index is 2.62. The van der Waals surface area contributed by atoms with Crippen LogP contribution >= 0.6 is 0 Å². The lowest BCUT2D eigenvalue weighted by molar-refractivity contribution is -0.384. The largest absolute Gasteiger partial charge is 0.284 e. The molecule has 18 heavy (non-hydrogen) atoms. The number of nitro benzene ring substituents is 1. The van der Waals surface area contributed by atoms with Crippen molar-refractivity contribution in [2.45, 2.75) is 13.8 Å². The quantitative estimate of drug-likeness (QED) is 0.601. The second-order valence-corrected chi connectivity index (χ2v) is 4.09. The molecular formula is C13H12N2O3. The summed E-state index contributed by atoms with van der Waals surface area (Å²) in [4.78, 5) is 22.2. The van der Waals surface area contributed by atoms with Crippen molar-refractivity contribution < 1.29 is 4.92 Å². The third-order valence-electron chi connectivity index (χ3n) is 2.79. The van der Waals surface area contributed by atoms with E-state index in [1.54, 1.807) is 38.2 Å². The zero-order chi connectivity index (χ0) is 13.3. The molecule has 1 aromatic heterocycles. The van der Waals surface area contributed by atoms with Crippen LogP contribution in [-0.4, -0.2) is 9.49 Å². The SMILES string of the molecule is Cc1cc([N+](=O)[O-])ccc1-n1cccc(C)c1=O. The summed E-state index contributed by atoms with van der Waals surface area (Å²) < 4.78 is 1.49. The van der Waals surface area contributed by atoms with E-state index in [1.807, 2.05) is 0 Å². The summed E-state index contributed by atoms with van der Waals surface area (Å²) in [7, 11) is 0. The summed E-state index contributed by atoms with van der Waals surface area (Å²) in [6, 6.07) is 7.96. The van der Waals surface area contributed by atoms with Gasteiger partial charge in [-0.1, -0.05) is 6.07 Å². The first-order valence-electron chi connectivity index (χ1n) is 5.44. The van der Waals surface area contributed by atoms with Crippen molar-refractivity contribution in [2.24, 2.45) is 0 Å². The van der Waals surface area contributed by atoms with Crippen LogP contribution in [-0.2, 0) is 0 Å². The average Bonchev–Trinajstić information content (AvgIpc) is 2.33. The molecule has 92 valence electrons. The van der Waals surface area contributed by atoms with Crippen LogP contribution in [0.2, 0.25) is 0 Å². The van der Waals surface area contributed by atoms with E-state index >= 15 is 0 Å². The summed E-state index contributed by atoms with van der Waals surface area (Å²) in [5, 5.41) is 10.7. The fourth-order valence-electron chi connectivity index (χ4n) is 1.82. The van der Waals surface area contributed by atoms with Gasteiger partial charge in [-0.05, 0) is 31.5 Å². The Kier molecular flexibility index (Phi) is 2.97. The van der Waals surface area contributed by atoms with Crippen LogP contribution in [0.3, 0.4) is 0 Å². The fourth-order valence-corrected chi connectivity index (χ4v) is 1.82. The van der Waals surface area contributed by atoms with Crippen LogP contribution in [0.25, 0.3) is 5.69 Å². The van der Waals surface area contributed by atoms with Crippen molar-refractivity contribution in [3.63, 3.8) is 0 Å². The monoisotopic (exact) mass is 244 g/mol. The highest BCUT2D eigenvalue weighted by Crippen LogP contribution is 2.19. The summed E-state index contributed by atoms with van der Waals surface area (Å²) in [6.07, 6.45) is 1.66. The van der Waals surface area contributed by atoms with Crippen LogP contribution < -0.4 is 5.56 Å². The molecule has 2 rings (SSSR count). The molecule has 0 aliphatic rings. The fraction of sp³-hybridized carbons (Fsp3) is 0.154. The molecule has 0 spiro atoms. The molecule has 0 radical (unpaired) electrons. The maximum Gasteiger partial charge on any atom is 0.269 e. The highest BCUT2D eigenvalue weighted by atomic mass is 16.6. The Labute approximate surface area is 103 Å². The van der Waals surface area contributed by atoms with E-state index in [1.165, 1.54) is 16.7 Å². The molecule has 0 aliphatic carbocycles. The predicted molar refractivity (Wildman–Crippen MR) is 68.2 cm³/mol. The summed E-state index contributed by atoms with van der Waals surface area (Å²) in [5.41, 5.74) is 1.90. The van der Waals surface area contributed by atoms with Crippen molar-refractivity contribution in [3.8, 4) is 5.69 Å². The van der Waals surface area contributed by atoms with Crippen LogP contribution in [0.1, 0.15) is 11.1 Å². The van der Waals surface area contributed by atoms with Gasteiger partial charge in [0.1, 0.15) is 0 Å². The van der Waals surface area contributed by atoms with Gasteiger partial charge < -0.3 is 0 Å². The van der Waals surface area contributed by atoms with Crippen molar-refractivity contribution in [3.05, 3.63) is 68.1 Å². The van der Waals surface area contributed by atoms with Crippen LogP contribution in [0.15, 0.2) is 41.3 Å². The first kappa shape index (κ1) is 12.0. The van der Waals surface area contributed by atoms with Gasteiger partial charge in [-0.15, -0.1) is 0 Å². The maximum absolute atomic E-state index is 12.0. The van der Waals surface area contributed by atoms with E-state index in [0.717, 1.165) is 0 Å². The van der Waals surface area contributed by atoms with E-state index in [2.05, 4.69) is 0 Å². The lowest BCUT2D eigenvalue weighted by atomic mass is 10.1. The number of hydrogen-bond acceptors (Lipinski definition) is 3. The number of non-ortho nitro benzene ring substituents is 1. The van der Waals surface area contributed by atoms with Gasteiger partial charge in [0, 0.05) is 23.9 Å². The Morgan fingerprint density at radius 3 is 2.50 bits per heavy atom. The second kappa shape index (κ2) is 4.44. The molecule has 0 atom stereocenters.